The lowest BCUT2D eigenvalue weighted by Gasteiger charge is -2.07. The van der Waals surface area contributed by atoms with Crippen molar-refractivity contribution in [2.75, 3.05) is 7.11 Å². The number of rotatable bonds is 4. The van der Waals surface area contributed by atoms with E-state index in [-0.39, 0.29) is 12.2 Å². The molecule has 0 aliphatic heterocycles. The summed E-state index contributed by atoms with van der Waals surface area (Å²) in [4.78, 5) is 11.8. The molecule has 21 heavy (non-hydrogen) atoms. The Morgan fingerprint density at radius 3 is 2.14 bits per heavy atom. The van der Waals surface area contributed by atoms with Crippen LogP contribution in [0.4, 0.5) is 0 Å². The van der Waals surface area contributed by atoms with Gasteiger partial charge in [0, 0.05) is 0 Å². The van der Waals surface area contributed by atoms with Crippen LogP contribution in [0.2, 0.25) is 0 Å². The molecular formula is C15H14O6. The van der Waals surface area contributed by atoms with Gasteiger partial charge in [-0.3, -0.25) is 0 Å². The Morgan fingerprint density at radius 2 is 1.62 bits per heavy atom. The topological polar surface area (TPSA) is 96.2 Å². The molecule has 2 aromatic rings. The van der Waals surface area contributed by atoms with Gasteiger partial charge in [-0.2, -0.15) is 0 Å². The number of esters is 1. The number of aromatic hydroxyl groups is 3. The number of hydrogen-bond acceptors (Lipinski definition) is 6. The molecule has 2 rings (SSSR count). The predicted molar refractivity (Wildman–Crippen MR) is 73.5 cm³/mol. The molecule has 3 N–H and O–H groups in total. The van der Waals surface area contributed by atoms with Gasteiger partial charge in [0.2, 0.25) is 0 Å². The number of carbonyl (C=O) groups is 1. The standard InChI is InChI=1S/C15H14O6/c1-20-11-4-2-9(3-5-11)8-21-15(19)10-6-12(16)14(18)13(17)7-10/h2-7,16-18H,8H2,1H3. The lowest BCUT2D eigenvalue weighted by atomic mass is 10.2. The first-order valence-electron chi connectivity index (χ1n) is 6.06. The summed E-state index contributed by atoms with van der Waals surface area (Å²) in [5.41, 5.74) is 0.702. The average molecular weight is 290 g/mol. The molecular weight excluding hydrogens is 276 g/mol. The van der Waals surface area contributed by atoms with Crippen LogP contribution in [-0.4, -0.2) is 28.4 Å². The van der Waals surface area contributed by atoms with Gasteiger partial charge in [-0.25, -0.2) is 4.79 Å². The van der Waals surface area contributed by atoms with Crippen LogP contribution in [0.5, 0.6) is 23.0 Å². The number of methoxy groups -OCH3 is 1. The highest BCUT2D eigenvalue weighted by Crippen LogP contribution is 2.35. The molecule has 0 radical (unpaired) electrons. The van der Waals surface area contributed by atoms with Crippen LogP contribution in [-0.2, 0) is 11.3 Å². The minimum Gasteiger partial charge on any atom is -0.504 e. The maximum atomic E-state index is 11.8. The zero-order chi connectivity index (χ0) is 15.4. The van der Waals surface area contributed by atoms with Crippen LogP contribution in [0.3, 0.4) is 0 Å². The Labute approximate surface area is 120 Å². The smallest absolute Gasteiger partial charge is 0.338 e. The van der Waals surface area contributed by atoms with Crippen LogP contribution in [0.25, 0.3) is 0 Å². The molecule has 6 heteroatoms. The number of ether oxygens (including phenoxy) is 2. The highest BCUT2D eigenvalue weighted by molar-refractivity contribution is 5.91. The molecule has 0 aromatic heterocycles. The van der Waals surface area contributed by atoms with E-state index in [0.717, 1.165) is 17.7 Å². The van der Waals surface area contributed by atoms with E-state index < -0.39 is 23.2 Å². The quantitative estimate of drug-likeness (QED) is 0.590. The molecule has 0 atom stereocenters. The van der Waals surface area contributed by atoms with E-state index in [2.05, 4.69) is 0 Å². The first kappa shape index (κ1) is 14.5. The summed E-state index contributed by atoms with van der Waals surface area (Å²) < 4.78 is 10.1. The van der Waals surface area contributed by atoms with Crippen LogP contribution >= 0.6 is 0 Å². The number of phenols is 3. The van der Waals surface area contributed by atoms with Gasteiger partial charge in [0.05, 0.1) is 12.7 Å². The summed E-state index contributed by atoms with van der Waals surface area (Å²) in [6.07, 6.45) is 0. The van der Waals surface area contributed by atoms with Gasteiger partial charge in [0.25, 0.3) is 0 Å². The molecule has 0 saturated carbocycles. The summed E-state index contributed by atoms with van der Waals surface area (Å²) in [5.74, 6) is -1.89. The Kier molecular flexibility index (Phi) is 4.18. The molecule has 0 heterocycles. The van der Waals surface area contributed by atoms with Gasteiger partial charge in [-0.15, -0.1) is 0 Å². The van der Waals surface area contributed by atoms with Crippen molar-refractivity contribution in [2.24, 2.45) is 0 Å². The van der Waals surface area contributed by atoms with Crippen molar-refractivity contribution in [3.05, 3.63) is 47.5 Å². The Hall–Kier alpha value is -2.89. The van der Waals surface area contributed by atoms with Gasteiger partial charge in [-0.1, -0.05) is 12.1 Å². The number of hydrogen-bond donors (Lipinski definition) is 3. The Morgan fingerprint density at radius 1 is 1.05 bits per heavy atom. The van der Waals surface area contributed by atoms with E-state index >= 15 is 0 Å². The fourth-order valence-corrected chi connectivity index (χ4v) is 1.68. The molecule has 2 aromatic carbocycles. The number of carbonyl (C=O) groups excluding carboxylic acids is 1. The van der Waals surface area contributed by atoms with E-state index in [4.69, 9.17) is 9.47 Å². The Bertz CT molecular complexity index is 625. The predicted octanol–water partition coefficient (Wildman–Crippen LogP) is 2.17. The third-order valence-corrected chi connectivity index (χ3v) is 2.83. The SMILES string of the molecule is COc1ccc(COC(=O)c2cc(O)c(O)c(O)c2)cc1. The summed E-state index contributed by atoms with van der Waals surface area (Å²) >= 11 is 0. The van der Waals surface area contributed by atoms with Gasteiger partial charge in [-0.05, 0) is 29.8 Å². The minimum atomic E-state index is -0.726. The lowest BCUT2D eigenvalue weighted by Crippen LogP contribution is -2.05. The summed E-state index contributed by atoms with van der Waals surface area (Å²) in [6.45, 7) is 0.0330. The zero-order valence-electron chi connectivity index (χ0n) is 11.2. The molecule has 6 nitrogen and oxygen atoms in total. The average Bonchev–Trinajstić information content (AvgIpc) is 2.50. The van der Waals surface area contributed by atoms with E-state index in [1.54, 1.807) is 31.4 Å². The summed E-state index contributed by atoms with van der Waals surface area (Å²) in [6, 6.07) is 9.01. The molecule has 0 amide bonds. The molecule has 0 aliphatic rings. The van der Waals surface area contributed by atoms with Crippen molar-refractivity contribution < 1.29 is 29.6 Å². The second-order valence-corrected chi connectivity index (χ2v) is 4.29. The van der Waals surface area contributed by atoms with Crippen LogP contribution in [0.1, 0.15) is 15.9 Å². The van der Waals surface area contributed by atoms with Gasteiger partial charge < -0.3 is 24.8 Å². The van der Waals surface area contributed by atoms with Crippen molar-refractivity contribution in [3.8, 4) is 23.0 Å². The third kappa shape index (κ3) is 3.36. The highest BCUT2D eigenvalue weighted by Gasteiger charge is 2.14. The van der Waals surface area contributed by atoms with Crippen LogP contribution in [0.15, 0.2) is 36.4 Å². The molecule has 0 fully saturated rings. The molecule has 0 aliphatic carbocycles. The van der Waals surface area contributed by atoms with E-state index in [0.29, 0.717) is 5.75 Å². The second-order valence-electron chi connectivity index (χ2n) is 4.29. The lowest BCUT2D eigenvalue weighted by molar-refractivity contribution is 0.0471. The number of benzene rings is 2. The van der Waals surface area contributed by atoms with E-state index in [9.17, 15) is 20.1 Å². The fourth-order valence-electron chi connectivity index (χ4n) is 1.68. The van der Waals surface area contributed by atoms with Crippen LogP contribution in [0, 0.1) is 0 Å². The van der Waals surface area contributed by atoms with Crippen molar-refractivity contribution in [1.29, 1.82) is 0 Å². The molecule has 110 valence electrons. The van der Waals surface area contributed by atoms with Gasteiger partial charge in [0.15, 0.2) is 17.2 Å². The van der Waals surface area contributed by atoms with Crippen molar-refractivity contribution >= 4 is 5.97 Å². The zero-order valence-corrected chi connectivity index (χ0v) is 11.2. The maximum Gasteiger partial charge on any atom is 0.338 e. The van der Waals surface area contributed by atoms with Crippen molar-refractivity contribution in [3.63, 3.8) is 0 Å². The summed E-state index contributed by atoms with van der Waals surface area (Å²) in [7, 11) is 1.55. The van der Waals surface area contributed by atoms with Crippen LogP contribution < -0.4 is 4.74 Å². The minimum absolute atomic E-state index is 0.0330. The van der Waals surface area contributed by atoms with Crippen molar-refractivity contribution in [2.45, 2.75) is 6.61 Å². The largest absolute Gasteiger partial charge is 0.504 e. The van der Waals surface area contributed by atoms with E-state index in [1.165, 1.54) is 0 Å². The highest BCUT2D eigenvalue weighted by atomic mass is 16.5. The number of phenolic OH excluding ortho intramolecular Hbond substituents is 3. The first-order valence-corrected chi connectivity index (χ1v) is 6.06. The third-order valence-electron chi connectivity index (χ3n) is 2.83. The normalized spacial score (nSPS) is 10.1. The second kappa shape index (κ2) is 6.04. The van der Waals surface area contributed by atoms with Gasteiger partial charge >= 0.3 is 5.97 Å². The van der Waals surface area contributed by atoms with Crippen molar-refractivity contribution in [1.82, 2.24) is 0 Å². The Balaban J connectivity index is 2.04. The van der Waals surface area contributed by atoms with Gasteiger partial charge in [0.1, 0.15) is 12.4 Å². The molecule has 0 spiro atoms. The van der Waals surface area contributed by atoms with E-state index in [1.807, 2.05) is 0 Å². The molecule has 0 unspecified atom stereocenters. The first-order chi connectivity index (χ1) is 10.0. The fraction of sp³-hybridized carbons (Fsp3) is 0.133. The molecule has 0 saturated heterocycles. The molecule has 0 bridgehead atoms. The monoisotopic (exact) mass is 290 g/mol. The maximum absolute atomic E-state index is 11.8. The summed E-state index contributed by atoms with van der Waals surface area (Å²) in [5, 5.41) is 27.9.